The Morgan fingerprint density at radius 3 is 2.84 bits per heavy atom. The van der Waals surface area contributed by atoms with Gasteiger partial charge in [-0.3, -0.25) is 10.1 Å². The maximum absolute atomic E-state index is 10.4. The first-order valence-corrected chi connectivity index (χ1v) is 6.22. The molecule has 0 saturated heterocycles. The summed E-state index contributed by atoms with van der Waals surface area (Å²) >= 11 is 6.07. The zero-order valence-electron chi connectivity index (χ0n) is 10.4. The molecule has 0 bridgehead atoms. The van der Waals surface area contributed by atoms with E-state index in [9.17, 15) is 4.79 Å². The third kappa shape index (κ3) is 3.59. The number of hydrogen-bond donors (Lipinski definition) is 2. The van der Waals surface area contributed by atoms with Gasteiger partial charge in [0.05, 0.1) is 13.1 Å². The van der Waals surface area contributed by atoms with Gasteiger partial charge in [-0.05, 0) is 30.7 Å². The van der Waals surface area contributed by atoms with E-state index in [1.807, 2.05) is 37.3 Å². The van der Waals surface area contributed by atoms with Gasteiger partial charge < -0.3 is 9.52 Å². The quantitative estimate of drug-likeness (QED) is 0.883. The van der Waals surface area contributed by atoms with Gasteiger partial charge in [0.15, 0.2) is 0 Å². The maximum Gasteiger partial charge on any atom is 0.317 e. The molecule has 1 heterocycles. The summed E-state index contributed by atoms with van der Waals surface area (Å²) in [5, 5.41) is 12.0. The van der Waals surface area contributed by atoms with Crippen molar-refractivity contribution < 1.29 is 14.3 Å². The van der Waals surface area contributed by atoms with Crippen LogP contribution in [0, 0.1) is 6.92 Å². The predicted molar refractivity (Wildman–Crippen MR) is 73.2 cm³/mol. The Bertz CT molecular complexity index is 592. The van der Waals surface area contributed by atoms with Crippen molar-refractivity contribution in [1.29, 1.82) is 0 Å². The van der Waals surface area contributed by atoms with E-state index in [-0.39, 0.29) is 6.54 Å². The number of nitrogens with one attached hydrogen (secondary N) is 1. The Morgan fingerprint density at radius 1 is 1.37 bits per heavy atom. The number of benzene rings is 1. The molecule has 1 aromatic carbocycles. The lowest BCUT2D eigenvalue weighted by Gasteiger charge is -2.01. The zero-order valence-corrected chi connectivity index (χ0v) is 11.2. The molecule has 0 aliphatic carbocycles. The number of hydrogen-bond acceptors (Lipinski definition) is 3. The second kappa shape index (κ2) is 5.91. The molecule has 4 nitrogen and oxygen atoms in total. The van der Waals surface area contributed by atoms with E-state index in [0.717, 1.165) is 11.1 Å². The second-order valence-electron chi connectivity index (χ2n) is 4.23. The smallest absolute Gasteiger partial charge is 0.317 e. The highest BCUT2D eigenvalue weighted by Crippen LogP contribution is 2.26. The van der Waals surface area contributed by atoms with Crippen LogP contribution in [0.3, 0.4) is 0 Å². The molecule has 0 fully saturated rings. The van der Waals surface area contributed by atoms with Gasteiger partial charge in [-0.1, -0.05) is 23.7 Å². The van der Waals surface area contributed by atoms with Crippen molar-refractivity contribution in [3.63, 3.8) is 0 Å². The summed E-state index contributed by atoms with van der Waals surface area (Å²) in [5.41, 5.74) is 1.92. The molecule has 0 atom stereocenters. The highest BCUT2D eigenvalue weighted by atomic mass is 35.5. The first-order chi connectivity index (χ1) is 9.06. The van der Waals surface area contributed by atoms with E-state index in [1.165, 1.54) is 0 Å². The van der Waals surface area contributed by atoms with Gasteiger partial charge in [-0.15, -0.1) is 0 Å². The Kier molecular flexibility index (Phi) is 4.24. The number of rotatable bonds is 5. The van der Waals surface area contributed by atoms with E-state index in [0.29, 0.717) is 23.1 Å². The molecule has 0 aliphatic rings. The Labute approximate surface area is 116 Å². The van der Waals surface area contributed by atoms with Crippen molar-refractivity contribution in [3.8, 4) is 11.3 Å². The molecule has 2 aromatic rings. The van der Waals surface area contributed by atoms with Crippen LogP contribution >= 0.6 is 11.6 Å². The highest BCUT2D eigenvalue weighted by Gasteiger charge is 2.06. The van der Waals surface area contributed by atoms with Crippen LogP contribution in [0.2, 0.25) is 5.02 Å². The molecule has 5 heteroatoms. The SMILES string of the molecule is Cc1ccc(-c2ccc(CNCC(=O)O)o2)cc1Cl. The monoisotopic (exact) mass is 279 g/mol. The molecular weight excluding hydrogens is 266 g/mol. The van der Waals surface area contributed by atoms with Gasteiger partial charge in [-0.25, -0.2) is 0 Å². The summed E-state index contributed by atoms with van der Waals surface area (Å²) in [4.78, 5) is 10.4. The number of halogens is 1. The van der Waals surface area contributed by atoms with Crippen LogP contribution in [-0.2, 0) is 11.3 Å². The average molecular weight is 280 g/mol. The number of furan rings is 1. The lowest BCUT2D eigenvalue weighted by Crippen LogP contribution is -2.21. The summed E-state index contributed by atoms with van der Waals surface area (Å²) in [6, 6.07) is 9.39. The van der Waals surface area contributed by atoms with Crippen molar-refractivity contribution in [1.82, 2.24) is 5.32 Å². The number of carbonyl (C=O) groups is 1. The lowest BCUT2D eigenvalue weighted by molar-refractivity contribution is -0.136. The number of aryl methyl sites for hydroxylation is 1. The Hall–Kier alpha value is -1.78. The normalized spacial score (nSPS) is 10.6. The Morgan fingerprint density at radius 2 is 2.16 bits per heavy atom. The van der Waals surface area contributed by atoms with E-state index in [4.69, 9.17) is 21.1 Å². The third-order valence-electron chi connectivity index (χ3n) is 2.69. The standard InChI is InChI=1S/C14H14ClNO3/c1-9-2-3-10(6-12(9)15)13-5-4-11(19-13)7-16-8-14(17)18/h2-6,16H,7-8H2,1H3,(H,17,18). The largest absolute Gasteiger partial charge is 0.480 e. The number of aliphatic carboxylic acids is 1. The molecular formula is C14H14ClNO3. The molecule has 1 aromatic heterocycles. The molecule has 2 N–H and O–H groups in total. The molecule has 19 heavy (non-hydrogen) atoms. The van der Waals surface area contributed by atoms with Crippen LogP contribution in [0.15, 0.2) is 34.7 Å². The minimum absolute atomic E-state index is 0.0909. The minimum atomic E-state index is -0.892. The van der Waals surface area contributed by atoms with Gasteiger partial charge in [0, 0.05) is 10.6 Å². The van der Waals surface area contributed by atoms with Crippen molar-refractivity contribution in [3.05, 3.63) is 46.7 Å². The van der Waals surface area contributed by atoms with Gasteiger partial charge in [-0.2, -0.15) is 0 Å². The molecule has 0 spiro atoms. The third-order valence-corrected chi connectivity index (χ3v) is 3.10. The summed E-state index contributed by atoms with van der Waals surface area (Å²) in [5.74, 6) is 0.513. The van der Waals surface area contributed by atoms with Gasteiger partial charge in [0.1, 0.15) is 11.5 Å². The first-order valence-electron chi connectivity index (χ1n) is 5.84. The van der Waals surface area contributed by atoms with Crippen LogP contribution in [0.1, 0.15) is 11.3 Å². The van der Waals surface area contributed by atoms with Crippen LogP contribution in [0.4, 0.5) is 0 Å². The number of carboxylic acid groups (broad SMARTS) is 1. The average Bonchev–Trinajstić information content (AvgIpc) is 2.81. The van der Waals surface area contributed by atoms with Crippen molar-refractivity contribution in [2.24, 2.45) is 0 Å². The van der Waals surface area contributed by atoms with Gasteiger partial charge in [0.2, 0.25) is 0 Å². The summed E-state index contributed by atoms with van der Waals surface area (Å²) in [6.07, 6.45) is 0. The summed E-state index contributed by atoms with van der Waals surface area (Å²) in [6.45, 7) is 2.23. The molecule has 100 valence electrons. The van der Waals surface area contributed by atoms with Crippen LogP contribution in [-0.4, -0.2) is 17.6 Å². The van der Waals surface area contributed by atoms with E-state index < -0.39 is 5.97 Å². The van der Waals surface area contributed by atoms with Crippen LogP contribution in [0.25, 0.3) is 11.3 Å². The number of carboxylic acids is 1. The van der Waals surface area contributed by atoms with Gasteiger partial charge >= 0.3 is 5.97 Å². The summed E-state index contributed by atoms with van der Waals surface area (Å²) < 4.78 is 5.63. The van der Waals surface area contributed by atoms with E-state index >= 15 is 0 Å². The molecule has 2 rings (SSSR count). The van der Waals surface area contributed by atoms with Crippen molar-refractivity contribution >= 4 is 17.6 Å². The molecule has 0 radical (unpaired) electrons. The molecule has 0 amide bonds. The maximum atomic E-state index is 10.4. The van der Waals surface area contributed by atoms with Crippen molar-refractivity contribution in [2.75, 3.05) is 6.54 Å². The van der Waals surface area contributed by atoms with E-state index in [2.05, 4.69) is 5.32 Å². The van der Waals surface area contributed by atoms with Crippen molar-refractivity contribution in [2.45, 2.75) is 13.5 Å². The zero-order chi connectivity index (χ0) is 13.8. The van der Waals surface area contributed by atoms with E-state index in [1.54, 1.807) is 0 Å². The van der Waals surface area contributed by atoms with Crippen LogP contribution in [0.5, 0.6) is 0 Å². The van der Waals surface area contributed by atoms with Crippen LogP contribution < -0.4 is 5.32 Å². The highest BCUT2D eigenvalue weighted by molar-refractivity contribution is 6.31. The Balaban J connectivity index is 2.07. The first kappa shape index (κ1) is 13.6. The predicted octanol–water partition coefficient (Wildman–Crippen LogP) is 3.08. The topological polar surface area (TPSA) is 62.5 Å². The fourth-order valence-electron chi connectivity index (χ4n) is 1.67. The van der Waals surface area contributed by atoms with Gasteiger partial charge in [0.25, 0.3) is 0 Å². The second-order valence-corrected chi connectivity index (χ2v) is 4.63. The molecule has 0 unspecified atom stereocenters. The summed E-state index contributed by atoms with van der Waals surface area (Å²) in [7, 11) is 0. The molecule has 0 aliphatic heterocycles. The fraction of sp³-hybridized carbons (Fsp3) is 0.214. The fourth-order valence-corrected chi connectivity index (χ4v) is 1.85. The molecule has 0 saturated carbocycles. The lowest BCUT2D eigenvalue weighted by atomic mass is 10.1. The minimum Gasteiger partial charge on any atom is -0.480 e.